The van der Waals surface area contributed by atoms with Gasteiger partial charge in [-0.3, -0.25) is 4.99 Å². The molecule has 2 heterocycles. The topological polar surface area (TPSA) is 25.5 Å². The summed E-state index contributed by atoms with van der Waals surface area (Å²) in [6, 6.07) is 25.9. The van der Waals surface area contributed by atoms with Crippen LogP contribution in [0.25, 0.3) is 58.8 Å². The lowest BCUT2D eigenvalue weighted by atomic mass is 9.96. The lowest BCUT2D eigenvalue weighted by Gasteiger charge is -2.07. The van der Waals surface area contributed by atoms with Crippen molar-refractivity contribution in [3.63, 3.8) is 0 Å². The standard InChI is InChI=1S/C33H25NOS/c1-4-6-10-21(5-2)25-13-8-14-26-32-24(12-9-16-30(32)36-33(25)26)22-17-18-28-27(19-22)31-23(20-34-3)11-7-15-29(31)35-28/h4-19H,1,3,20H2,2H3/b10-6-,21-5+. The van der Waals surface area contributed by atoms with Gasteiger partial charge in [0.2, 0.25) is 0 Å². The SMILES string of the molecule is C=C/C=C\C(=C/C)c1cccc2c1sc1cccc(-c3ccc4oc5cccc(CN=C)c5c4c3)c12. The zero-order chi connectivity index (χ0) is 24.6. The Kier molecular flexibility index (Phi) is 5.63. The number of hydrogen-bond acceptors (Lipinski definition) is 3. The fourth-order valence-corrected chi connectivity index (χ4v) is 6.41. The van der Waals surface area contributed by atoms with Crippen molar-refractivity contribution in [3.05, 3.63) is 115 Å². The second-order valence-electron chi connectivity index (χ2n) is 8.79. The molecule has 0 fully saturated rings. The van der Waals surface area contributed by atoms with Crippen LogP contribution in [0.5, 0.6) is 0 Å². The van der Waals surface area contributed by atoms with Crippen molar-refractivity contribution >= 4 is 65.7 Å². The maximum Gasteiger partial charge on any atom is 0.135 e. The van der Waals surface area contributed by atoms with Crippen LogP contribution in [-0.4, -0.2) is 6.72 Å². The summed E-state index contributed by atoms with van der Waals surface area (Å²) >= 11 is 1.85. The zero-order valence-electron chi connectivity index (χ0n) is 20.1. The predicted octanol–water partition coefficient (Wildman–Crippen LogP) is 9.97. The molecule has 2 nitrogen and oxygen atoms in total. The molecule has 0 aliphatic heterocycles. The molecule has 0 radical (unpaired) electrons. The summed E-state index contributed by atoms with van der Waals surface area (Å²) in [5, 5.41) is 4.81. The lowest BCUT2D eigenvalue weighted by molar-refractivity contribution is 0.668. The summed E-state index contributed by atoms with van der Waals surface area (Å²) in [4.78, 5) is 4.13. The van der Waals surface area contributed by atoms with Gasteiger partial charge < -0.3 is 4.42 Å². The fourth-order valence-electron chi connectivity index (χ4n) is 5.15. The Balaban J connectivity index is 1.61. The van der Waals surface area contributed by atoms with E-state index in [0.717, 1.165) is 27.5 Å². The van der Waals surface area contributed by atoms with Crippen molar-refractivity contribution in [2.24, 2.45) is 4.99 Å². The molecular weight excluding hydrogens is 458 g/mol. The van der Waals surface area contributed by atoms with Gasteiger partial charge in [-0.25, -0.2) is 0 Å². The number of allylic oxidation sites excluding steroid dienone is 5. The maximum absolute atomic E-state index is 6.18. The fraction of sp³-hybridized carbons (Fsp3) is 0.0606. The molecule has 6 aromatic rings. The Labute approximate surface area is 214 Å². The third-order valence-corrected chi connectivity index (χ3v) is 7.94. The number of hydrogen-bond donors (Lipinski definition) is 0. The van der Waals surface area contributed by atoms with Gasteiger partial charge in [-0.15, -0.1) is 11.3 Å². The number of nitrogens with zero attached hydrogens (tertiary/aromatic N) is 1. The van der Waals surface area contributed by atoms with Gasteiger partial charge in [0.25, 0.3) is 0 Å². The highest BCUT2D eigenvalue weighted by molar-refractivity contribution is 7.26. The monoisotopic (exact) mass is 483 g/mol. The molecule has 4 aromatic carbocycles. The average molecular weight is 484 g/mol. The molecule has 0 amide bonds. The molecule has 0 aliphatic rings. The number of rotatable bonds is 6. The quantitative estimate of drug-likeness (QED) is 0.171. The Morgan fingerprint density at radius 3 is 2.64 bits per heavy atom. The smallest absolute Gasteiger partial charge is 0.135 e. The van der Waals surface area contributed by atoms with Gasteiger partial charge in [-0.2, -0.15) is 0 Å². The summed E-state index contributed by atoms with van der Waals surface area (Å²) in [5.74, 6) is 0. The molecule has 0 saturated carbocycles. The van der Waals surface area contributed by atoms with Crippen LogP contribution in [0.4, 0.5) is 0 Å². The van der Waals surface area contributed by atoms with Crippen LogP contribution in [-0.2, 0) is 6.54 Å². The van der Waals surface area contributed by atoms with Crippen LogP contribution in [0, 0.1) is 0 Å². The van der Waals surface area contributed by atoms with Gasteiger partial charge >= 0.3 is 0 Å². The van der Waals surface area contributed by atoms with Crippen molar-refractivity contribution < 1.29 is 4.42 Å². The van der Waals surface area contributed by atoms with Gasteiger partial charge in [0.1, 0.15) is 11.2 Å². The van der Waals surface area contributed by atoms with Crippen molar-refractivity contribution in [3.8, 4) is 11.1 Å². The third-order valence-electron chi connectivity index (χ3n) is 6.73. The van der Waals surface area contributed by atoms with Crippen LogP contribution in [0.1, 0.15) is 18.1 Å². The summed E-state index contributed by atoms with van der Waals surface area (Å²) < 4.78 is 8.77. The number of thiophene rings is 1. The van der Waals surface area contributed by atoms with Gasteiger partial charge in [-0.05, 0) is 65.7 Å². The molecule has 2 aromatic heterocycles. The molecule has 0 bridgehead atoms. The molecule has 0 atom stereocenters. The van der Waals surface area contributed by atoms with Crippen LogP contribution >= 0.6 is 11.3 Å². The van der Waals surface area contributed by atoms with E-state index in [9.17, 15) is 0 Å². The van der Waals surface area contributed by atoms with Crippen molar-refractivity contribution in [2.45, 2.75) is 13.5 Å². The Bertz CT molecular complexity index is 1860. The number of aliphatic imine (C=N–C) groups is 1. The minimum absolute atomic E-state index is 0.567. The van der Waals surface area contributed by atoms with Crippen molar-refractivity contribution in [1.29, 1.82) is 0 Å². The largest absolute Gasteiger partial charge is 0.456 e. The van der Waals surface area contributed by atoms with Crippen molar-refractivity contribution in [1.82, 2.24) is 0 Å². The van der Waals surface area contributed by atoms with E-state index in [1.165, 1.54) is 42.4 Å². The molecule has 36 heavy (non-hydrogen) atoms. The molecular formula is C33H25NOS. The molecule has 6 rings (SSSR count). The van der Waals surface area contributed by atoms with E-state index in [1.54, 1.807) is 0 Å². The predicted molar refractivity (Wildman–Crippen MR) is 158 cm³/mol. The lowest BCUT2D eigenvalue weighted by Crippen LogP contribution is -1.84. The van der Waals surface area contributed by atoms with Crippen LogP contribution in [0.15, 0.2) is 113 Å². The summed E-state index contributed by atoms with van der Waals surface area (Å²) in [5.41, 5.74) is 7.77. The van der Waals surface area contributed by atoms with E-state index < -0.39 is 0 Å². The van der Waals surface area contributed by atoms with E-state index in [1.807, 2.05) is 35.6 Å². The molecule has 0 saturated heterocycles. The highest BCUT2D eigenvalue weighted by Crippen LogP contribution is 2.44. The first kappa shape index (κ1) is 22.3. The first-order valence-electron chi connectivity index (χ1n) is 12.0. The van der Waals surface area contributed by atoms with Gasteiger partial charge in [0.15, 0.2) is 0 Å². The van der Waals surface area contributed by atoms with E-state index in [4.69, 9.17) is 4.42 Å². The van der Waals surface area contributed by atoms with Gasteiger partial charge in [0, 0.05) is 30.9 Å². The maximum atomic E-state index is 6.18. The Hall–Kier alpha value is -4.21. The summed E-state index contributed by atoms with van der Waals surface area (Å²) in [6.07, 6.45) is 8.10. The van der Waals surface area contributed by atoms with Crippen LogP contribution < -0.4 is 0 Å². The first-order chi connectivity index (χ1) is 17.7. The second kappa shape index (κ2) is 9.10. The molecule has 174 valence electrons. The van der Waals surface area contributed by atoms with Crippen LogP contribution in [0.3, 0.4) is 0 Å². The molecule has 0 spiro atoms. The van der Waals surface area contributed by atoms with E-state index in [0.29, 0.717) is 6.54 Å². The molecule has 0 N–H and O–H groups in total. The van der Waals surface area contributed by atoms with Crippen LogP contribution in [0.2, 0.25) is 0 Å². The minimum atomic E-state index is 0.567. The highest BCUT2D eigenvalue weighted by atomic mass is 32.1. The van der Waals surface area contributed by atoms with Gasteiger partial charge in [-0.1, -0.05) is 79.4 Å². The highest BCUT2D eigenvalue weighted by Gasteiger charge is 2.16. The van der Waals surface area contributed by atoms with Crippen molar-refractivity contribution in [2.75, 3.05) is 0 Å². The van der Waals surface area contributed by atoms with E-state index in [2.05, 4.69) is 98.0 Å². The Morgan fingerprint density at radius 2 is 1.81 bits per heavy atom. The number of benzene rings is 4. The molecule has 3 heteroatoms. The third kappa shape index (κ3) is 3.52. The second-order valence-corrected chi connectivity index (χ2v) is 9.84. The summed E-state index contributed by atoms with van der Waals surface area (Å²) in [6.45, 7) is 10.2. The number of furan rings is 1. The molecule has 0 unspecified atom stereocenters. The normalized spacial score (nSPS) is 12.4. The Morgan fingerprint density at radius 1 is 0.944 bits per heavy atom. The summed E-state index contributed by atoms with van der Waals surface area (Å²) in [7, 11) is 0. The number of fused-ring (bicyclic) bond motifs is 6. The minimum Gasteiger partial charge on any atom is -0.456 e. The zero-order valence-corrected chi connectivity index (χ0v) is 20.9. The van der Waals surface area contributed by atoms with E-state index >= 15 is 0 Å². The van der Waals surface area contributed by atoms with E-state index in [-0.39, 0.29) is 0 Å². The first-order valence-corrected chi connectivity index (χ1v) is 12.8. The van der Waals surface area contributed by atoms with Gasteiger partial charge in [0.05, 0.1) is 6.54 Å². The molecule has 0 aliphatic carbocycles. The average Bonchev–Trinajstić information content (AvgIpc) is 3.48.